The lowest BCUT2D eigenvalue weighted by molar-refractivity contribution is 0.133. The maximum atomic E-state index is 8.97. The van der Waals surface area contributed by atoms with Crippen molar-refractivity contribution < 1.29 is 5.11 Å². The van der Waals surface area contributed by atoms with Crippen LogP contribution in [-0.2, 0) is 0 Å². The van der Waals surface area contributed by atoms with Crippen molar-refractivity contribution in [2.24, 2.45) is 11.8 Å². The highest BCUT2D eigenvalue weighted by Gasteiger charge is 2.27. The van der Waals surface area contributed by atoms with Gasteiger partial charge in [0.25, 0.3) is 0 Å². The molecule has 0 atom stereocenters. The molecule has 3 heteroatoms. The van der Waals surface area contributed by atoms with Crippen molar-refractivity contribution >= 4 is 6.21 Å². The van der Waals surface area contributed by atoms with E-state index in [-0.39, 0.29) is 0 Å². The molecule has 0 spiro atoms. The molecular formula is C15H22N2O. The van der Waals surface area contributed by atoms with E-state index in [0.29, 0.717) is 24.5 Å². The lowest BCUT2D eigenvalue weighted by atomic mass is 9.81. The fourth-order valence-electron chi connectivity index (χ4n) is 2.66. The molecule has 98 valence electrons. The number of hydrogen-bond acceptors (Lipinski definition) is 3. The fraction of sp³-hybridized carbons (Fsp3) is 0.667. The van der Waals surface area contributed by atoms with E-state index in [0.717, 1.165) is 44.1 Å². The summed E-state index contributed by atoms with van der Waals surface area (Å²) in [5, 5.41) is 19.9. The van der Waals surface area contributed by atoms with Gasteiger partial charge in [-0.25, -0.2) is 0 Å². The Kier molecular flexibility index (Phi) is 4.83. The topological polar surface area (TPSA) is 56.1 Å². The molecule has 2 rings (SSSR count). The van der Waals surface area contributed by atoms with Crippen LogP contribution in [0.4, 0.5) is 0 Å². The van der Waals surface area contributed by atoms with Crippen LogP contribution in [0.3, 0.4) is 0 Å². The molecule has 0 bridgehead atoms. The molecule has 0 aromatic rings. The normalized spacial score (nSPS) is 28.6. The molecule has 0 radical (unpaired) electrons. The van der Waals surface area contributed by atoms with Gasteiger partial charge < -0.3 is 15.8 Å². The van der Waals surface area contributed by atoms with Crippen molar-refractivity contribution in [1.82, 2.24) is 5.32 Å². The Balaban J connectivity index is 1.82. The minimum absolute atomic E-state index is 0.305. The van der Waals surface area contributed by atoms with Crippen molar-refractivity contribution in [3.63, 3.8) is 0 Å². The highest BCUT2D eigenvalue weighted by Crippen LogP contribution is 2.27. The third-order valence-electron chi connectivity index (χ3n) is 3.98. The second-order valence-electron chi connectivity index (χ2n) is 5.30. The van der Waals surface area contributed by atoms with Gasteiger partial charge in [0.15, 0.2) is 0 Å². The van der Waals surface area contributed by atoms with E-state index >= 15 is 0 Å². The molecular weight excluding hydrogens is 224 g/mol. The standard InChI is InChI=1S/C15H22N2O/c16-9-14(13-5-3-1-2-4-6-13)10-17-15-7-12(8-15)11-18/h9-10,12-13,15-18H,3-8,11H2/b14-10+,16-9?. The highest BCUT2D eigenvalue weighted by molar-refractivity contribution is 5.76. The van der Waals surface area contributed by atoms with E-state index < -0.39 is 0 Å². The summed E-state index contributed by atoms with van der Waals surface area (Å²) in [6, 6.07) is 0.485. The van der Waals surface area contributed by atoms with Crippen LogP contribution >= 0.6 is 0 Å². The first-order chi connectivity index (χ1) is 8.83. The molecule has 18 heavy (non-hydrogen) atoms. The van der Waals surface area contributed by atoms with Gasteiger partial charge in [-0.05, 0) is 43.1 Å². The summed E-state index contributed by atoms with van der Waals surface area (Å²) in [5.74, 6) is 7.25. The van der Waals surface area contributed by atoms with Crippen molar-refractivity contribution in [3.05, 3.63) is 11.8 Å². The van der Waals surface area contributed by atoms with Crippen molar-refractivity contribution in [3.8, 4) is 11.8 Å². The zero-order valence-corrected chi connectivity index (χ0v) is 10.8. The monoisotopic (exact) mass is 246 g/mol. The molecule has 0 heterocycles. The number of nitrogens with one attached hydrogen (secondary N) is 2. The van der Waals surface area contributed by atoms with Crippen molar-refractivity contribution in [1.29, 1.82) is 5.41 Å². The van der Waals surface area contributed by atoms with Gasteiger partial charge in [-0.15, -0.1) is 11.8 Å². The summed E-state index contributed by atoms with van der Waals surface area (Å²) < 4.78 is 0. The Hall–Kier alpha value is -1.27. The largest absolute Gasteiger partial charge is 0.396 e. The lowest BCUT2D eigenvalue weighted by Gasteiger charge is -2.34. The molecule has 0 saturated heterocycles. The van der Waals surface area contributed by atoms with Crippen LogP contribution in [0.25, 0.3) is 0 Å². The van der Waals surface area contributed by atoms with E-state index in [4.69, 9.17) is 10.5 Å². The number of hydrogen-bond donors (Lipinski definition) is 3. The average molecular weight is 246 g/mol. The van der Waals surface area contributed by atoms with Crippen LogP contribution < -0.4 is 5.32 Å². The summed E-state index contributed by atoms with van der Waals surface area (Å²) >= 11 is 0. The summed E-state index contributed by atoms with van der Waals surface area (Å²) in [6.07, 6.45) is 9.63. The summed E-state index contributed by atoms with van der Waals surface area (Å²) in [4.78, 5) is 0. The summed E-state index contributed by atoms with van der Waals surface area (Å²) in [7, 11) is 0. The first kappa shape index (κ1) is 13.2. The molecule has 2 aliphatic carbocycles. The van der Waals surface area contributed by atoms with E-state index in [1.54, 1.807) is 0 Å². The number of rotatable bonds is 5. The van der Waals surface area contributed by atoms with Gasteiger partial charge in [0.05, 0.1) is 0 Å². The van der Waals surface area contributed by atoms with E-state index in [1.165, 1.54) is 6.21 Å². The maximum Gasteiger partial charge on any atom is 0.0460 e. The highest BCUT2D eigenvalue weighted by atomic mass is 16.3. The van der Waals surface area contributed by atoms with Gasteiger partial charge in [0.2, 0.25) is 0 Å². The molecule has 0 unspecified atom stereocenters. The van der Waals surface area contributed by atoms with Crippen molar-refractivity contribution in [2.45, 2.75) is 44.6 Å². The Bertz CT molecular complexity index is 360. The van der Waals surface area contributed by atoms with Crippen LogP contribution in [0.1, 0.15) is 38.5 Å². The summed E-state index contributed by atoms with van der Waals surface area (Å²) in [5.41, 5.74) is 1.09. The van der Waals surface area contributed by atoms with Crippen LogP contribution in [-0.4, -0.2) is 24.0 Å². The van der Waals surface area contributed by atoms with Gasteiger partial charge in [0, 0.05) is 37.9 Å². The van der Waals surface area contributed by atoms with Crippen LogP contribution in [0.5, 0.6) is 0 Å². The molecule has 0 aliphatic heterocycles. The predicted molar refractivity (Wildman–Crippen MR) is 73.3 cm³/mol. The molecule has 1 fully saturated rings. The quantitative estimate of drug-likeness (QED) is 0.514. The van der Waals surface area contributed by atoms with Crippen LogP contribution in [0.2, 0.25) is 0 Å². The Morgan fingerprint density at radius 3 is 2.50 bits per heavy atom. The smallest absolute Gasteiger partial charge is 0.0460 e. The van der Waals surface area contributed by atoms with Crippen LogP contribution in [0.15, 0.2) is 11.8 Å². The Morgan fingerprint density at radius 1 is 1.28 bits per heavy atom. The summed E-state index contributed by atoms with van der Waals surface area (Å²) in [6.45, 7) is 0.305. The van der Waals surface area contributed by atoms with Gasteiger partial charge in [-0.1, -0.05) is 0 Å². The van der Waals surface area contributed by atoms with Crippen molar-refractivity contribution in [2.75, 3.05) is 6.61 Å². The zero-order chi connectivity index (χ0) is 12.8. The zero-order valence-electron chi connectivity index (χ0n) is 10.8. The molecule has 3 nitrogen and oxygen atoms in total. The predicted octanol–water partition coefficient (Wildman–Crippen LogP) is 2.07. The molecule has 2 aliphatic rings. The van der Waals surface area contributed by atoms with Gasteiger partial charge in [-0.3, -0.25) is 0 Å². The molecule has 0 amide bonds. The maximum absolute atomic E-state index is 8.97. The molecule has 0 aromatic heterocycles. The van der Waals surface area contributed by atoms with E-state index in [1.807, 2.05) is 6.20 Å². The fourth-order valence-corrected chi connectivity index (χ4v) is 2.66. The van der Waals surface area contributed by atoms with Gasteiger partial charge in [-0.2, -0.15) is 0 Å². The molecule has 1 saturated carbocycles. The SMILES string of the molecule is N=C/C(=C\NC1CC(CO)C1)C1CCC#CCC1. The number of allylic oxidation sites excluding steroid dienone is 1. The van der Waals surface area contributed by atoms with E-state index in [9.17, 15) is 0 Å². The first-order valence-electron chi connectivity index (χ1n) is 6.86. The first-order valence-corrected chi connectivity index (χ1v) is 6.86. The average Bonchev–Trinajstić information content (AvgIpc) is 2.61. The number of aliphatic hydroxyl groups is 1. The minimum atomic E-state index is 0.305. The third kappa shape index (κ3) is 3.36. The van der Waals surface area contributed by atoms with E-state index in [2.05, 4.69) is 17.2 Å². The minimum Gasteiger partial charge on any atom is -0.396 e. The second kappa shape index (κ2) is 6.61. The second-order valence-corrected chi connectivity index (χ2v) is 5.30. The number of aliphatic hydroxyl groups excluding tert-OH is 1. The van der Waals surface area contributed by atoms with Gasteiger partial charge >= 0.3 is 0 Å². The Morgan fingerprint density at radius 2 is 1.94 bits per heavy atom. The van der Waals surface area contributed by atoms with Crippen LogP contribution in [0, 0.1) is 29.1 Å². The third-order valence-corrected chi connectivity index (χ3v) is 3.98. The lowest BCUT2D eigenvalue weighted by Crippen LogP contribution is -2.40. The molecule has 0 aromatic carbocycles. The van der Waals surface area contributed by atoms with Gasteiger partial charge in [0.1, 0.15) is 0 Å². The Labute approximate surface area is 109 Å². The molecule has 3 N–H and O–H groups in total.